The van der Waals surface area contributed by atoms with Gasteiger partial charge in [0, 0.05) is 6.61 Å². The summed E-state index contributed by atoms with van der Waals surface area (Å²) in [4.78, 5) is 0. The predicted molar refractivity (Wildman–Crippen MR) is 100 cm³/mol. The molecule has 2 N–H and O–H groups in total. The number of rotatable bonds is 8. The van der Waals surface area contributed by atoms with Gasteiger partial charge >= 0.3 is 0 Å². The van der Waals surface area contributed by atoms with Gasteiger partial charge in [-0.15, -0.1) is 0 Å². The van der Waals surface area contributed by atoms with E-state index >= 15 is 0 Å². The van der Waals surface area contributed by atoms with Crippen LogP contribution in [0.3, 0.4) is 0 Å². The number of methoxy groups -OCH3 is 1. The van der Waals surface area contributed by atoms with Crippen molar-refractivity contribution in [3.8, 4) is 5.75 Å². The molecule has 4 heteroatoms. The smallest absolute Gasteiger partial charge is 0.119 e. The highest BCUT2D eigenvalue weighted by atomic mass is 16.5. The fourth-order valence-corrected chi connectivity index (χ4v) is 2.58. The monoisotopic (exact) mass is 326 g/mol. The Morgan fingerprint density at radius 2 is 2.29 bits per heavy atom. The molecule has 2 rings (SSSR count). The minimum Gasteiger partial charge on any atom is -0.497 e. The van der Waals surface area contributed by atoms with Crippen molar-refractivity contribution in [2.75, 3.05) is 13.7 Å². The third kappa shape index (κ3) is 5.10. The summed E-state index contributed by atoms with van der Waals surface area (Å²) in [6, 6.07) is 6.19. The van der Waals surface area contributed by atoms with Crippen LogP contribution in [-0.2, 0) is 6.42 Å². The summed E-state index contributed by atoms with van der Waals surface area (Å²) >= 11 is 0. The standard InChI is InChI=1S/C20H26N2O2/c1-3-4-9-18(10-6-13-23)22-21-15-17-8-5-7-16-11-12-19(24-2)14-20(16)17/h4,8-12,14-15,22-23H,3,5-7,13H2,1-2H3/b9-4-,18-10+,21-15-. The summed E-state index contributed by atoms with van der Waals surface area (Å²) in [5, 5.41) is 13.3. The van der Waals surface area contributed by atoms with Crippen molar-refractivity contribution in [1.29, 1.82) is 0 Å². The molecule has 1 aliphatic carbocycles. The number of benzene rings is 1. The number of hydrogen-bond donors (Lipinski definition) is 2. The quantitative estimate of drug-likeness (QED) is 0.434. The molecule has 0 heterocycles. The van der Waals surface area contributed by atoms with Crippen LogP contribution in [0.1, 0.15) is 37.3 Å². The lowest BCUT2D eigenvalue weighted by Gasteiger charge is -2.16. The fourth-order valence-electron chi connectivity index (χ4n) is 2.58. The molecule has 0 saturated heterocycles. The van der Waals surface area contributed by atoms with Crippen molar-refractivity contribution < 1.29 is 9.84 Å². The molecule has 0 amide bonds. The van der Waals surface area contributed by atoms with Gasteiger partial charge in [0.25, 0.3) is 0 Å². The Morgan fingerprint density at radius 3 is 3.04 bits per heavy atom. The minimum absolute atomic E-state index is 0.132. The predicted octanol–water partition coefficient (Wildman–Crippen LogP) is 3.83. The fraction of sp³-hybridized carbons (Fsp3) is 0.350. The van der Waals surface area contributed by atoms with Gasteiger partial charge in [0.2, 0.25) is 0 Å². The highest BCUT2D eigenvalue weighted by Crippen LogP contribution is 2.28. The third-order valence-corrected chi connectivity index (χ3v) is 3.83. The maximum atomic E-state index is 8.97. The van der Waals surface area contributed by atoms with Gasteiger partial charge in [-0.2, -0.15) is 5.10 Å². The zero-order valence-electron chi connectivity index (χ0n) is 14.5. The van der Waals surface area contributed by atoms with E-state index in [0.29, 0.717) is 6.42 Å². The Balaban J connectivity index is 2.11. The number of nitrogens with one attached hydrogen (secondary N) is 1. The van der Waals surface area contributed by atoms with Crippen molar-refractivity contribution in [2.45, 2.75) is 32.6 Å². The third-order valence-electron chi connectivity index (χ3n) is 3.83. The van der Waals surface area contributed by atoms with E-state index in [4.69, 9.17) is 9.84 Å². The molecular formula is C20H26N2O2. The van der Waals surface area contributed by atoms with Crippen LogP contribution in [0.25, 0.3) is 5.57 Å². The number of allylic oxidation sites excluding steroid dienone is 4. The molecule has 0 atom stereocenters. The Kier molecular flexibility index (Phi) is 7.30. The van der Waals surface area contributed by atoms with E-state index in [1.54, 1.807) is 7.11 Å². The molecule has 1 aromatic carbocycles. The van der Waals surface area contributed by atoms with Gasteiger partial charge < -0.3 is 9.84 Å². The summed E-state index contributed by atoms with van der Waals surface area (Å²) in [5.74, 6) is 0.859. The maximum absolute atomic E-state index is 8.97. The molecule has 1 aliphatic rings. The SMILES string of the molecule is CC/C=C\C(=C/CCO)N/N=C\C1=CCCc2ccc(OC)cc21. The molecule has 0 aliphatic heterocycles. The Hall–Kier alpha value is -2.33. The first-order valence-corrected chi connectivity index (χ1v) is 8.42. The summed E-state index contributed by atoms with van der Waals surface area (Å²) in [7, 11) is 1.68. The second-order valence-corrected chi connectivity index (χ2v) is 5.57. The van der Waals surface area contributed by atoms with E-state index in [-0.39, 0.29) is 6.61 Å². The number of aliphatic hydroxyl groups is 1. The highest BCUT2D eigenvalue weighted by molar-refractivity contribution is 6.10. The molecule has 0 radical (unpaired) electrons. The average molecular weight is 326 g/mol. The molecule has 0 aromatic heterocycles. The van der Waals surface area contributed by atoms with Crippen molar-refractivity contribution in [2.24, 2.45) is 5.10 Å². The number of aliphatic hydroxyl groups excluding tert-OH is 1. The van der Waals surface area contributed by atoms with Gasteiger partial charge in [0.15, 0.2) is 0 Å². The molecule has 0 spiro atoms. The molecule has 4 nitrogen and oxygen atoms in total. The molecule has 0 unspecified atom stereocenters. The minimum atomic E-state index is 0.132. The number of hydrogen-bond acceptors (Lipinski definition) is 4. The van der Waals surface area contributed by atoms with Gasteiger partial charge in [0.1, 0.15) is 5.75 Å². The van der Waals surface area contributed by atoms with Crippen LogP contribution in [-0.4, -0.2) is 25.0 Å². The van der Waals surface area contributed by atoms with E-state index in [0.717, 1.165) is 36.3 Å². The number of hydrazone groups is 1. The number of fused-ring (bicyclic) bond motifs is 1. The number of ether oxygens (including phenoxy) is 1. The lowest BCUT2D eigenvalue weighted by atomic mass is 9.91. The van der Waals surface area contributed by atoms with E-state index in [2.05, 4.69) is 41.7 Å². The van der Waals surface area contributed by atoms with Crippen molar-refractivity contribution in [1.82, 2.24) is 5.43 Å². The van der Waals surface area contributed by atoms with E-state index in [1.165, 1.54) is 11.1 Å². The van der Waals surface area contributed by atoms with Crippen LogP contribution in [0.15, 0.2) is 53.3 Å². The highest BCUT2D eigenvalue weighted by Gasteiger charge is 2.12. The van der Waals surface area contributed by atoms with E-state index < -0.39 is 0 Å². The van der Waals surface area contributed by atoms with Crippen LogP contribution in [0.5, 0.6) is 5.75 Å². The van der Waals surface area contributed by atoms with Crippen LogP contribution in [0.2, 0.25) is 0 Å². The number of nitrogens with zero attached hydrogens (tertiary/aromatic N) is 1. The zero-order valence-corrected chi connectivity index (χ0v) is 14.5. The first-order chi connectivity index (χ1) is 11.8. The summed E-state index contributed by atoms with van der Waals surface area (Å²) in [6.07, 6.45) is 13.7. The van der Waals surface area contributed by atoms with Crippen LogP contribution in [0, 0.1) is 0 Å². The van der Waals surface area contributed by atoms with Gasteiger partial charge in [-0.3, -0.25) is 5.43 Å². The normalized spacial score (nSPS) is 14.8. The molecule has 0 fully saturated rings. The average Bonchev–Trinajstić information content (AvgIpc) is 2.63. The Bertz CT molecular complexity index is 658. The molecule has 1 aromatic rings. The zero-order chi connectivity index (χ0) is 17.2. The lowest BCUT2D eigenvalue weighted by Crippen LogP contribution is -2.06. The van der Waals surface area contributed by atoms with Gasteiger partial charge in [-0.25, -0.2) is 0 Å². The first-order valence-electron chi connectivity index (χ1n) is 8.42. The van der Waals surface area contributed by atoms with Crippen molar-refractivity contribution in [3.63, 3.8) is 0 Å². The van der Waals surface area contributed by atoms with E-state index in [9.17, 15) is 0 Å². The van der Waals surface area contributed by atoms with Gasteiger partial charge in [-0.1, -0.05) is 31.2 Å². The topological polar surface area (TPSA) is 53.8 Å². The van der Waals surface area contributed by atoms with Crippen molar-refractivity contribution in [3.05, 3.63) is 59.3 Å². The van der Waals surface area contributed by atoms with Crippen LogP contribution >= 0.6 is 0 Å². The number of aryl methyl sites for hydroxylation is 1. The van der Waals surface area contributed by atoms with E-state index in [1.807, 2.05) is 24.4 Å². The Morgan fingerprint density at radius 1 is 1.42 bits per heavy atom. The van der Waals surface area contributed by atoms with Gasteiger partial charge in [-0.05, 0) is 60.6 Å². The largest absolute Gasteiger partial charge is 0.497 e. The second-order valence-electron chi connectivity index (χ2n) is 5.57. The van der Waals surface area contributed by atoms with Crippen molar-refractivity contribution >= 4 is 11.8 Å². The molecule has 0 bridgehead atoms. The molecule has 128 valence electrons. The second kappa shape index (κ2) is 9.73. The molecule has 0 saturated carbocycles. The van der Waals surface area contributed by atoms with Crippen LogP contribution in [0.4, 0.5) is 0 Å². The molecule has 24 heavy (non-hydrogen) atoms. The summed E-state index contributed by atoms with van der Waals surface area (Å²) in [6.45, 7) is 2.22. The maximum Gasteiger partial charge on any atom is 0.119 e. The first kappa shape index (κ1) is 18.0. The van der Waals surface area contributed by atoms with Gasteiger partial charge in [0.05, 0.1) is 19.0 Å². The lowest BCUT2D eigenvalue weighted by molar-refractivity contribution is 0.302. The summed E-state index contributed by atoms with van der Waals surface area (Å²) < 4.78 is 5.33. The summed E-state index contributed by atoms with van der Waals surface area (Å²) in [5.41, 5.74) is 7.55. The molecular weight excluding hydrogens is 300 g/mol. The van der Waals surface area contributed by atoms with Crippen LogP contribution < -0.4 is 10.2 Å². The Labute approximate surface area is 144 Å².